The first-order valence-electron chi connectivity index (χ1n) is 13.8. The Morgan fingerprint density at radius 1 is 1.14 bits per heavy atom. The summed E-state index contributed by atoms with van der Waals surface area (Å²) in [6, 6.07) is 11.9. The van der Waals surface area contributed by atoms with Crippen LogP contribution in [0.4, 0.5) is 5.82 Å². The summed E-state index contributed by atoms with van der Waals surface area (Å²) in [5.74, 6) is 1.57. The molecule has 3 rings (SSSR count). The molecule has 6 heteroatoms. The molecule has 6 nitrogen and oxygen atoms in total. The minimum atomic E-state index is -0.674. The van der Waals surface area contributed by atoms with Gasteiger partial charge in [0.05, 0.1) is 12.1 Å². The first kappa shape index (κ1) is 28.1. The summed E-state index contributed by atoms with van der Waals surface area (Å²) in [6.45, 7) is 8.67. The first-order valence-corrected chi connectivity index (χ1v) is 13.8. The highest BCUT2D eigenvalue weighted by atomic mass is 16.3. The maximum atomic E-state index is 13.2. The second-order valence-corrected chi connectivity index (χ2v) is 10.9. The number of aliphatic hydroxyl groups excluding tert-OH is 1. The predicted octanol–water partition coefficient (Wildman–Crippen LogP) is 5.27. The topological polar surface area (TPSA) is 77.5 Å². The number of pyridine rings is 1. The molecule has 2 bridgehead atoms. The van der Waals surface area contributed by atoms with Crippen molar-refractivity contribution in [2.45, 2.75) is 90.3 Å². The number of hydrogen-bond acceptors (Lipinski definition) is 5. The van der Waals surface area contributed by atoms with Gasteiger partial charge in [0.2, 0.25) is 0 Å². The number of nitrogens with zero attached hydrogens (tertiary/aromatic N) is 2. The van der Waals surface area contributed by atoms with Crippen molar-refractivity contribution in [2.24, 2.45) is 5.92 Å². The molecule has 2 aromatic rings. The van der Waals surface area contributed by atoms with Gasteiger partial charge in [-0.05, 0) is 47.9 Å². The molecule has 2 heterocycles. The smallest absolute Gasteiger partial charge is 0.251 e. The molecule has 1 aromatic carbocycles. The molecule has 1 amide bonds. The van der Waals surface area contributed by atoms with Crippen LogP contribution in [0.25, 0.3) is 0 Å². The lowest BCUT2D eigenvalue weighted by atomic mass is 9.92. The highest BCUT2D eigenvalue weighted by molar-refractivity contribution is 5.95. The van der Waals surface area contributed by atoms with Crippen LogP contribution in [-0.4, -0.2) is 48.3 Å². The van der Waals surface area contributed by atoms with Crippen molar-refractivity contribution in [3.63, 3.8) is 0 Å². The number of carbonyl (C=O) groups excluding carboxylic acids is 1. The molecule has 0 unspecified atom stereocenters. The van der Waals surface area contributed by atoms with E-state index in [2.05, 4.69) is 65.6 Å². The summed E-state index contributed by atoms with van der Waals surface area (Å²) in [5.41, 5.74) is 3.11. The van der Waals surface area contributed by atoms with Gasteiger partial charge < -0.3 is 20.6 Å². The van der Waals surface area contributed by atoms with E-state index in [1.165, 1.54) is 36.8 Å². The van der Waals surface area contributed by atoms with Crippen LogP contribution in [0, 0.1) is 5.92 Å². The number of amides is 1. The average molecular weight is 495 g/mol. The fourth-order valence-electron chi connectivity index (χ4n) is 4.94. The molecule has 36 heavy (non-hydrogen) atoms. The predicted molar refractivity (Wildman–Crippen MR) is 148 cm³/mol. The van der Waals surface area contributed by atoms with E-state index in [4.69, 9.17) is 0 Å². The van der Waals surface area contributed by atoms with Gasteiger partial charge in [-0.2, -0.15) is 0 Å². The third-order valence-corrected chi connectivity index (χ3v) is 7.33. The summed E-state index contributed by atoms with van der Waals surface area (Å²) in [4.78, 5) is 19.8. The standard InChI is InChI=1S/C30H46N4O2/c1-22(2)25-13-10-12-24(18-25)20-31-21-28(35)27-17-23(3)11-8-6-5-7-9-16-34(4)29-19-26(14-15-32-29)30(36)33-27/h10,12-15,18-19,22-23,27-28,31,35H,5-9,11,16-17,20-21H2,1-4H3,(H,33,36)/t23-,27+,28-/m1/s1. The van der Waals surface area contributed by atoms with Crippen molar-refractivity contribution in [2.75, 3.05) is 25.0 Å². The van der Waals surface area contributed by atoms with Gasteiger partial charge in [0.25, 0.3) is 5.91 Å². The number of aromatic nitrogens is 1. The molecule has 0 aliphatic carbocycles. The van der Waals surface area contributed by atoms with Gasteiger partial charge in [0.15, 0.2) is 0 Å². The fraction of sp³-hybridized carbons (Fsp3) is 0.600. The third kappa shape index (κ3) is 8.90. The average Bonchev–Trinajstić information content (AvgIpc) is 2.87. The fourth-order valence-corrected chi connectivity index (χ4v) is 4.94. The van der Waals surface area contributed by atoms with Crippen LogP contribution < -0.4 is 15.5 Å². The van der Waals surface area contributed by atoms with Crippen molar-refractivity contribution in [1.82, 2.24) is 15.6 Å². The van der Waals surface area contributed by atoms with Gasteiger partial charge in [-0.25, -0.2) is 4.98 Å². The van der Waals surface area contributed by atoms with E-state index in [1.54, 1.807) is 12.3 Å². The molecule has 3 N–H and O–H groups in total. The number of hydrogen-bond donors (Lipinski definition) is 3. The van der Waals surface area contributed by atoms with Crippen molar-refractivity contribution in [3.05, 3.63) is 59.3 Å². The Morgan fingerprint density at radius 3 is 2.72 bits per heavy atom. The van der Waals surface area contributed by atoms with E-state index in [0.29, 0.717) is 30.5 Å². The van der Waals surface area contributed by atoms with Gasteiger partial charge in [-0.1, -0.05) is 77.1 Å². The first-order chi connectivity index (χ1) is 17.3. The second-order valence-electron chi connectivity index (χ2n) is 10.9. The van der Waals surface area contributed by atoms with E-state index < -0.39 is 6.10 Å². The zero-order valence-electron chi connectivity index (χ0n) is 22.7. The molecule has 0 radical (unpaired) electrons. The Labute approximate surface area is 217 Å². The lowest BCUT2D eigenvalue weighted by molar-refractivity contribution is 0.0792. The Hall–Kier alpha value is -2.44. The van der Waals surface area contributed by atoms with Gasteiger partial charge >= 0.3 is 0 Å². The van der Waals surface area contributed by atoms with Crippen LogP contribution in [0.1, 0.15) is 93.1 Å². The SMILES string of the molecule is CC(C)c1cccc(CNC[C@@H](O)[C@@H]2C[C@H](C)CCCCCCCN(C)c3cc(ccn3)C(=O)N2)c1. The van der Waals surface area contributed by atoms with Crippen LogP contribution >= 0.6 is 0 Å². The highest BCUT2D eigenvalue weighted by Crippen LogP contribution is 2.20. The second kappa shape index (κ2) is 14.3. The van der Waals surface area contributed by atoms with Crippen molar-refractivity contribution >= 4 is 11.7 Å². The summed E-state index contributed by atoms with van der Waals surface area (Å²) in [5, 5.41) is 17.7. The number of nitrogens with one attached hydrogen (secondary N) is 2. The maximum absolute atomic E-state index is 13.2. The zero-order valence-corrected chi connectivity index (χ0v) is 22.7. The monoisotopic (exact) mass is 494 g/mol. The number of anilines is 1. The summed E-state index contributed by atoms with van der Waals surface area (Å²) in [6.07, 6.45) is 8.93. The quantitative estimate of drug-likeness (QED) is 0.510. The minimum absolute atomic E-state index is 0.153. The summed E-state index contributed by atoms with van der Waals surface area (Å²) in [7, 11) is 2.03. The Balaban J connectivity index is 1.68. The molecular formula is C30H46N4O2. The van der Waals surface area contributed by atoms with E-state index in [9.17, 15) is 9.90 Å². The molecule has 0 spiro atoms. The van der Waals surface area contributed by atoms with Gasteiger partial charge in [0, 0.05) is 38.4 Å². The molecule has 0 saturated heterocycles. The third-order valence-electron chi connectivity index (χ3n) is 7.33. The van der Waals surface area contributed by atoms with Gasteiger partial charge in [-0.3, -0.25) is 4.79 Å². The minimum Gasteiger partial charge on any atom is -0.390 e. The highest BCUT2D eigenvalue weighted by Gasteiger charge is 2.24. The van der Waals surface area contributed by atoms with Gasteiger partial charge in [0.1, 0.15) is 5.82 Å². The van der Waals surface area contributed by atoms with Crippen molar-refractivity contribution in [1.29, 1.82) is 0 Å². The summed E-state index contributed by atoms with van der Waals surface area (Å²) < 4.78 is 0. The number of aliphatic hydroxyl groups is 1. The Kier molecular flexibility index (Phi) is 11.2. The number of carbonyl (C=O) groups is 1. The zero-order chi connectivity index (χ0) is 25.9. The van der Waals surface area contributed by atoms with E-state index >= 15 is 0 Å². The van der Waals surface area contributed by atoms with E-state index in [-0.39, 0.29) is 11.9 Å². The van der Waals surface area contributed by atoms with Crippen LogP contribution in [0.5, 0.6) is 0 Å². The van der Waals surface area contributed by atoms with Crippen LogP contribution in [0.15, 0.2) is 42.6 Å². The molecule has 3 atom stereocenters. The molecule has 0 saturated carbocycles. The lowest BCUT2D eigenvalue weighted by Gasteiger charge is -2.28. The maximum Gasteiger partial charge on any atom is 0.251 e. The van der Waals surface area contributed by atoms with Gasteiger partial charge in [-0.15, -0.1) is 0 Å². The largest absolute Gasteiger partial charge is 0.390 e. The van der Waals surface area contributed by atoms with Crippen molar-refractivity contribution < 1.29 is 9.90 Å². The Morgan fingerprint density at radius 2 is 1.92 bits per heavy atom. The van der Waals surface area contributed by atoms with Crippen LogP contribution in [-0.2, 0) is 6.54 Å². The summed E-state index contributed by atoms with van der Waals surface area (Å²) >= 11 is 0. The van der Waals surface area contributed by atoms with Crippen LogP contribution in [0.2, 0.25) is 0 Å². The van der Waals surface area contributed by atoms with Crippen molar-refractivity contribution in [3.8, 4) is 0 Å². The molecule has 0 fully saturated rings. The van der Waals surface area contributed by atoms with Crippen LogP contribution in [0.3, 0.4) is 0 Å². The normalized spacial score (nSPS) is 21.3. The lowest BCUT2D eigenvalue weighted by Crippen LogP contribution is -2.48. The van der Waals surface area contributed by atoms with E-state index in [0.717, 1.165) is 31.6 Å². The molecule has 1 aromatic heterocycles. The molecular weight excluding hydrogens is 448 g/mol. The van der Waals surface area contributed by atoms with E-state index in [1.807, 2.05) is 13.1 Å². The molecule has 1 aliphatic heterocycles. The molecule has 1 aliphatic rings. The number of benzene rings is 1. The molecule has 198 valence electrons. The Bertz CT molecular complexity index is 948. The number of fused-ring (bicyclic) bond motifs is 2. The number of rotatable bonds is 6.